The Hall–Kier alpha value is -3.24. The molecule has 0 unspecified atom stereocenters. The number of pyridine rings is 2. The van der Waals surface area contributed by atoms with E-state index in [9.17, 15) is 23.1 Å². The molecule has 0 aliphatic carbocycles. The maximum absolute atomic E-state index is 12.6. The van der Waals surface area contributed by atoms with E-state index in [0.29, 0.717) is 48.9 Å². The summed E-state index contributed by atoms with van der Waals surface area (Å²) in [5, 5.41) is 13.8. The highest BCUT2D eigenvalue weighted by Crippen LogP contribution is 2.30. The van der Waals surface area contributed by atoms with Gasteiger partial charge in [-0.3, -0.25) is 4.79 Å². The van der Waals surface area contributed by atoms with Crippen molar-refractivity contribution >= 4 is 16.8 Å². The van der Waals surface area contributed by atoms with E-state index >= 15 is 0 Å². The van der Waals surface area contributed by atoms with Gasteiger partial charge in [-0.2, -0.15) is 13.2 Å². The number of nitrogens with zero attached hydrogens (tertiary/aromatic N) is 2. The summed E-state index contributed by atoms with van der Waals surface area (Å²) in [5.74, 6) is -0.0149. The number of amides is 1. The number of aromatic nitrogens is 2. The molecule has 3 heterocycles. The molecule has 0 saturated carbocycles. The highest BCUT2D eigenvalue weighted by atomic mass is 19.4. The Labute approximate surface area is 181 Å². The van der Waals surface area contributed by atoms with Gasteiger partial charge in [0.15, 0.2) is 0 Å². The highest BCUT2D eigenvalue weighted by molar-refractivity contribution is 5.95. The van der Waals surface area contributed by atoms with Crippen molar-refractivity contribution in [1.82, 2.24) is 15.3 Å². The summed E-state index contributed by atoms with van der Waals surface area (Å²) in [6.07, 6.45) is -2.85. The number of halogens is 3. The van der Waals surface area contributed by atoms with Crippen LogP contribution in [0.5, 0.6) is 11.6 Å². The fourth-order valence-electron chi connectivity index (χ4n) is 3.29. The Bertz CT molecular complexity index is 1110. The van der Waals surface area contributed by atoms with Gasteiger partial charge in [-0.15, -0.1) is 0 Å². The summed E-state index contributed by atoms with van der Waals surface area (Å²) < 4.78 is 48.7. The Morgan fingerprint density at radius 1 is 1.16 bits per heavy atom. The number of aliphatic hydroxyl groups is 1. The number of benzene rings is 1. The number of hydrogen-bond acceptors (Lipinski definition) is 6. The van der Waals surface area contributed by atoms with Gasteiger partial charge in [-0.1, -0.05) is 6.07 Å². The van der Waals surface area contributed by atoms with Gasteiger partial charge >= 0.3 is 6.18 Å². The Kier molecular flexibility index (Phi) is 5.98. The van der Waals surface area contributed by atoms with E-state index < -0.39 is 23.2 Å². The lowest BCUT2D eigenvalue weighted by molar-refractivity contribution is -0.137. The van der Waals surface area contributed by atoms with Crippen LogP contribution in [0.1, 0.15) is 28.9 Å². The van der Waals surface area contributed by atoms with E-state index in [1.54, 1.807) is 30.3 Å². The second-order valence-corrected chi connectivity index (χ2v) is 7.56. The SMILES string of the molecule is O=C(NCC1(O)CCOCC1)c1ccc2cc(Oc3ccc(C(F)(F)F)cn3)ccc2n1. The lowest BCUT2D eigenvalue weighted by Gasteiger charge is -2.31. The summed E-state index contributed by atoms with van der Waals surface area (Å²) in [7, 11) is 0. The van der Waals surface area contributed by atoms with Crippen LogP contribution in [-0.2, 0) is 10.9 Å². The molecular weight excluding hydrogens is 427 g/mol. The molecule has 4 rings (SSSR count). The van der Waals surface area contributed by atoms with Crippen molar-refractivity contribution in [1.29, 1.82) is 0 Å². The van der Waals surface area contributed by atoms with Gasteiger partial charge in [0.25, 0.3) is 5.91 Å². The largest absolute Gasteiger partial charge is 0.439 e. The predicted octanol–water partition coefficient (Wildman–Crippen LogP) is 3.71. The average Bonchev–Trinajstić information content (AvgIpc) is 2.77. The molecule has 7 nitrogen and oxygen atoms in total. The van der Waals surface area contributed by atoms with Crippen molar-refractivity contribution in [2.24, 2.45) is 0 Å². The number of rotatable bonds is 5. The predicted molar refractivity (Wildman–Crippen MR) is 108 cm³/mol. The van der Waals surface area contributed by atoms with Crippen LogP contribution in [0, 0.1) is 0 Å². The zero-order valence-electron chi connectivity index (χ0n) is 16.9. The molecule has 1 aromatic carbocycles. The molecule has 0 bridgehead atoms. The van der Waals surface area contributed by atoms with Crippen molar-refractivity contribution < 1.29 is 32.5 Å². The molecule has 1 fully saturated rings. The lowest BCUT2D eigenvalue weighted by Crippen LogP contribution is -2.46. The molecule has 1 aliphatic rings. The summed E-state index contributed by atoms with van der Waals surface area (Å²) in [6, 6.07) is 10.1. The van der Waals surface area contributed by atoms with Gasteiger partial charge in [0.1, 0.15) is 11.4 Å². The minimum atomic E-state index is -4.47. The van der Waals surface area contributed by atoms with E-state index in [1.165, 1.54) is 0 Å². The Morgan fingerprint density at radius 3 is 2.62 bits per heavy atom. The van der Waals surface area contributed by atoms with E-state index in [4.69, 9.17) is 9.47 Å². The number of carbonyl (C=O) groups excluding carboxylic acids is 1. The van der Waals surface area contributed by atoms with Crippen molar-refractivity contribution in [3.63, 3.8) is 0 Å². The van der Waals surface area contributed by atoms with Crippen LogP contribution in [0.25, 0.3) is 10.9 Å². The van der Waals surface area contributed by atoms with Crippen molar-refractivity contribution in [3.8, 4) is 11.6 Å². The van der Waals surface area contributed by atoms with Gasteiger partial charge in [0.05, 0.1) is 16.7 Å². The average molecular weight is 447 g/mol. The molecular formula is C22H20F3N3O4. The standard InChI is InChI=1S/C22H20F3N3O4/c23-22(24,25)15-2-6-19(26-12-15)32-16-3-5-17-14(11-16)1-4-18(28-17)20(29)27-13-21(30)7-9-31-10-8-21/h1-6,11-12,30H,7-10,13H2,(H,27,29). The second kappa shape index (κ2) is 8.71. The van der Waals surface area contributed by atoms with E-state index in [0.717, 1.165) is 12.1 Å². The first kappa shape index (κ1) is 22.0. The molecule has 1 amide bonds. The third-order valence-corrected chi connectivity index (χ3v) is 5.18. The third-order valence-electron chi connectivity index (χ3n) is 5.18. The fourth-order valence-corrected chi connectivity index (χ4v) is 3.29. The van der Waals surface area contributed by atoms with Crippen LogP contribution in [0.4, 0.5) is 13.2 Å². The van der Waals surface area contributed by atoms with Crippen LogP contribution in [-0.4, -0.2) is 46.3 Å². The van der Waals surface area contributed by atoms with Crippen LogP contribution in [0.15, 0.2) is 48.7 Å². The molecule has 10 heteroatoms. The Morgan fingerprint density at radius 2 is 1.94 bits per heavy atom. The summed E-state index contributed by atoms with van der Waals surface area (Å²) in [5.41, 5.74) is -1.10. The van der Waals surface area contributed by atoms with E-state index in [2.05, 4.69) is 15.3 Å². The molecule has 2 N–H and O–H groups in total. The van der Waals surface area contributed by atoms with Gasteiger partial charge in [0, 0.05) is 50.2 Å². The Balaban J connectivity index is 1.43. The second-order valence-electron chi connectivity index (χ2n) is 7.56. The maximum Gasteiger partial charge on any atom is 0.417 e. The number of ether oxygens (including phenoxy) is 2. The quantitative estimate of drug-likeness (QED) is 0.620. The molecule has 168 valence electrons. The van der Waals surface area contributed by atoms with Crippen LogP contribution in [0.3, 0.4) is 0 Å². The molecule has 1 aliphatic heterocycles. The number of carbonyl (C=O) groups is 1. The van der Waals surface area contributed by atoms with E-state index in [-0.39, 0.29) is 18.1 Å². The summed E-state index contributed by atoms with van der Waals surface area (Å²) >= 11 is 0. The monoisotopic (exact) mass is 447 g/mol. The topological polar surface area (TPSA) is 93.6 Å². The summed E-state index contributed by atoms with van der Waals surface area (Å²) in [4.78, 5) is 20.5. The minimum Gasteiger partial charge on any atom is -0.439 e. The zero-order chi connectivity index (χ0) is 22.8. The summed E-state index contributed by atoms with van der Waals surface area (Å²) in [6.45, 7) is 1.02. The van der Waals surface area contributed by atoms with Gasteiger partial charge in [-0.05, 0) is 30.3 Å². The van der Waals surface area contributed by atoms with Crippen molar-refractivity contribution in [2.75, 3.05) is 19.8 Å². The molecule has 0 spiro atoms. The van der Waals surface area contributed by atoms with E-state index in [1.807, 2.05) is 0 Å². The molecule has 32 heavy (non-hydrogen) atoms. The van der Waals surface area contributed by atoms with Gasteiger partial charge < -0.3 is 19.9 Å². The first-order valence-electron chi connectivity index (χ1n) is 9.92. The third kappa shape index (κ3) is 5.14. The van der Waals surface area contributed by atoms with Crippen LogP contribution < -0.4 is 10.1 Å². The molecule has 2 aromatic heterocycles. The van der Waals surface area contributed by atoms with Crippen LogP contribution >= 0.6 is 0 Å². The van der Waals surface area contributed by atoms with Crippen molar-refractivity contribution in [2.45, 2.75) is 24.6 Å². The van der Waals surface area contributed by atoms with Crippen molar-refractivity contribution in [3.05, 3.63) is 59.9 Å². The zero-order valence-corrected chi connectivity index (χ0v) is 16.9. The number of alkyl halides is 3. The number of hydrogen-bond donors (Lipinski definition) is 2. The maximum atomic E-state index is 12.6. The first-order valence-corrected chi connectivity index (χ1v) is 9.92. The number of fused-ring (bicyclic) bond motifs is 1. The lowest BCUT2D eigenvalue weighted by atomic mass is 9.94. The fraction of sp³-hybridized carbons (Fsp3) is 0.318. The smallest absolute Gasteiger partial charge is 0.417 e. The van der Waals surface area contributed by atoms with Gasteiger partial charge in [-0.25, -0.2) is 9.97 Å². The molecule has 0 radical (unpaired) electrons. The molecule has 3 aromatic rings. The molecule has 1 saturated heterocycles. The normalized spacial score (nSPS) is 16.0. The number of nitrogens with one attached hydrogen (secondary N) is 1. The van der Waals surface area contributed by atoms with Gasteiger partial charge in [0.2, 0.25) is 5.88 Å². The highest BCUT2D eigenvalue weighted by Gasteiger charge is 2.31. The molecule has 0 atom stereocenters. The first-order chi connectivity index (χ1) is 15.2. The van der Waals surface area contributed by atoms with Crippen LogP contribution in [0.2, 0.25) is 0 Å². The minimum absolute atomic E-state index is 0.0207.